The third-order valence-electron chi connectivity index (χ3n) is 6.77. The molecule has 2 unspecified atom stereocenters. The van der Waals surface area contributed by atoms with E-state index in [1.807, 2.05) is 0 Å². The van der Waals surface area contributed by atoms with E-state index in [1.165, 1.54) is 103 Å². The van der Waals surface area contributed by atoms with E-state index in [1.54, 1.807) is 0 Å². The Morgan fingerprint density at radius 1 is 0.607 bits per heavy atom. The average molecular weight is 430 g/mol. The summed E-state index contributed by atoms with van der Waals surface area (Å²) in [5.41, 5.74) is 1.87. The maximum absolute atomic E-state index is 2.97. The van der Waals surface area contributed by atoms with Gasteiger partial charge in [0.05, 0.1) is 0 Å². The van der Waals surface area contributed by atoms with Crippen molar-refractivity contribution >= 4 is 16.4 Å². The van der Waals surface area contributed by atoms with E-state index in [0.29, 0.717) is 0 Å². The van der Waals surface area contributed by atoms with E-state index in [4.69, 9.17) is 0 Å². The molecule has 0 radical (unpaired) electrons. The van der Waals surface area contributed by atoms with Crippen molar-refractivity contribution in [2.75, 3.05) is 34.2 Å². The molecule has 0 amide bonds. The first-order valence-electron chi connectivity index (χ1n) is 12.3. The molecule has 0 N–H and O–H groups in total. The van der Waals surface area contributed by atoms with Crippen LogP contribution in [0.25, 0.3) is 0 Å². The molecule has 0 aromatic heterocycles. The summed E-state index contributed by atoms with van der Waals surface area (Å²) < 4.78 is 8.59. The molecule has 0 aliphatic heterocycles. The highest BCUT2D eigenvalue weighted by Crippen LogP contribution is 2.65. The summed E-state index contributed by atoms with van der Waals surface area (Å²) in [6.07, 6.45) is 20.0. The molecule has 2 aliphatic carbocycles. The van der Waals surface area contributed by atoms with Crippen LogP contribution in [0, 0.1) is 0 Å². The minimum absolute atomic E-state index is 0.171. The van der Waals surface area contributed by atoms with Gasteiger partial charge in [-0.1, -0.05) is 65.2 Å². The van der Waals surface area contributed by atoms with Crippen LogP contribution in [0.3, 0.4) is 0 Å². The van der Waals surface area contributed by atoms with E-state index >= 15 is 0 Å². The van der Waals surface area contributed by atoms with Crippen LogP contribution in [0.5, 0.6) is 0 Å². The Balaban J connectivity index is 2.20. The quantitative estimate of drug-likeness (QED) is 0.295. The molecule has 0 spiro atoms. The van der Waals surface area contributed by atoms with Gasteiger partial charge in [-0.25, -0.2) is 4.44 Å². The fraction of sp³-hybridized carbons (Fsp3) is 1.00. The number of hydrogen-bond acceptors (Lipinski definition) is 3. The van der Waals surface area contributed by atoms with E-state index in [9.17, 15) is 0 Å². The van der Waals surface area contributed by atoms with E-state index in [0.717, 1.165) is 11.3 Å². The molecule has 2 atom stereocenters. The molecule has 0 aromatic carbocycles. The minimum atomic E-state index is -0.171. The van der Waals surface area contributed by atoms with Gasteiger partial charge in [0.25, 0.3) is 0 Å². The first-order chi connectivity index (χ1) is 13.6. The normalized spacial score (nSPS) is 22.3. The van der Waals surface area contributed by atoms with Crippen LogP contribution in [0.1, 0.15) is 104 Å². The fourth-order valence-corrected chi connectivity index (χ4v) is 12.9. The second kappa shape index (κ2) is 13.9. The largest absolute Gasteiger partial charge is 0.273 e. The van der Waals surface area contributed by atoms with Crippen LogP contribution in [0.4, 0.5) is 0 Å². The number of unbranched alkanes of at least 4 members (excludes halogenated alkanes) is 2. The van der Waals surface area contributed by atoms with Gasteiger partial charge in [-0.2, -0.15) is 0 Å². The minimum Gasteiger partial charge on any atom is -0.273 e. The predicted molar refractivity (Wildman–Crippen MR) is 130 cm³/mol. The van der Waals surface area contributed by atoms with Gasteiger partial charge < -0.3 is 0 Å². The number of rotatable bonds is 12. The molecule has 5 heteroatoms. The van der Waals surface area contributed by atoms with Gasteiger partial charge in [-0.15, -0.1) is 0 Å². The molecule has 3 nitrogen and oxygen atoms in total. The second-order valence-electron chi connectivity index (χ2n) is 9.18. The average Bonchev–Trinajstić information content (AvgIpc) is 2.72. The van der Waals surface area contributed by atoms with E-state index < -0.39 is 0 Å². The molecular weight excluding hydrogens is 380 g/mol. The molecule has 0 bridgehead atoms. The molecular formula is C23H49N3P2. The van der Waals surface area contributed by atoms with Gasteiger partial charge in [0, 0.05) is 40.9 Å². The standard InChI is InChI=1S/C23H49N3P2/c1-6-8-20-24(3)27(22-16-12-10-13-17-22)26(5)28(25(4)21-9-7-2)23-18-14-11-15-19-23/h22-23H,6-21H2,1-5H3. The topological polar surface area (TPSA) is 9.72 Å². The van der Waals surface area contributed by atoms with Crippen molar-refractivity contribution in [1.82, 2.24) is 13.8 Å². The Bertz CT molecular complexity index is 361. The zero-order valence-electron chi connectivity index (χ0n) is 19.7. The summed E-state index contributed by atoms with van der Waals surface area (Å²) in [7, 11) is 7.09. The SMILES string of the molecule is CCCCN(C)P(C1CCCCC1)N(C)P(C1CCCCC1)N(C)CCCC. The Morgan fingerprint density at radius 2 is 0.964 bits per heavy atom. The molecule has 2 fully saturated rings. The van der Waals surface area contributed by atoms with Crippen molar-refractivity contribution in [3.8, 4) is 0 Å². The lowest BCUT2D eigenvalue weighted by Gasteiger charge is -2.49. The fourth-order valence-electron chi connectivity index (χ4n) is 5.17. The van der Waals surface area contributed by atoms with Crippen LogP contribution in [-0.2, 0) is 0 Å². The smallest absolute Gasteiger partial charge is 0.0469 e. The summed E-state index contributed by atoms with van der Waals surface area (Å²) in [5, 5.41) is 0. The van der Waals surface area contributed by atoms with Crippen molar-refractivity contribution in [2.45, 2.75) is 115 Å². The maximum Gasteiger partial charge on any atom is 0.0469 e. The van der Waals surface area contributed by atoms with E-state index in [2.05, 4.69) is 48.8 Å². The number of nitrogens with zero attached hydrogens (tertiary/aromatic N) is 3. The number of hydrogen-bond donors (Lipinski definition) is 0. The monoisotopic (exact) mass is 429 g/mol. The first kappa shape index (κ1) is 25.0. The Labute approximate surface area is 179 Å². The Kier molecular flexibility index (Phi) is 12.4. The first-order valence-corrected chi connectivity index (χ1v) is 15.0. The van der Waals surface area contributed by atoms with Crippen LogP contribution >= 0.6 is 16.4 Å². The highest BCUT2D eigenvalue weighted by Gasteiger charge is 2.38. The lowest BCUT2D eigenvalue weighted by Crippen LogP contribution is -2.35. The molecule has 166 valence electrons. The predicted octanol–water partition coefficient (Wildman–Crippen LogP) is 7.67. The summed E-state index contributed by atoms with van der Waals surface area (Å²) in [6.45, 7) is 7.26. The zero-order valence-corrected chi connectivity index (χ0v) is 21.5. The lowest BCUT2D eigenvalue weighted by atomic mass is 10.0. The van der Waals surface area contributed by atoms with Crippen molar-refractivity contribution in [2.24, 2.45) is 0 Å². The summed E-state index contributed by atoms with van der Waals surface area (Å²) >= 11 is 0. The summed E-state index contributed by atoms with van der Waals surface area (Å²) in [6, 6.07) is 0. The highest BCUT2D eigenvalue weighted by molar-refractivity contribution is 7.68. The van der Waals surface area contributed by atoms with Crippen LogP contribution in [-0.4, -0.2) is 59.3 Å². The summed E-state index contributed by atoms with van der Waals surface area (Å²) in [5.74, 6) is 0. The molecule has 2 aliphatic rings. The third-order valence-corrected chi connectivity index (χ3v) is 13.2. The lowest BCUT2D eigenvalue weighted by molar-refractivity contribution is 0.432. The van der Waals surface area contributed by atoms with Gasteiger partial charge in [-0.3, -0.25) is 9.34 Å². The molecule has 0 aromatic rings. The van der Waals surface area contributed by atoms with Crippen molar-refractivity contribution < 1.29 is 0 Å². The van der Waals surface area contributed by atoms with Gasteiger partial charge in [-0.05, 0) is 59.7 Å². The molecule has 28 heavy (non-hydrogen) atoms. The molecule has 0 heterocycles. The van der Waals surface area contributed by atoms with Crippen molar-refractivity contribution in [1.29, 1.82) is 0 Å². The van der Waals surface area contributed by atoms with Gasteiger partial charge >= 0.3 is 0 Å². The van der Waals surface area contributed by atoms with Crippen LogP contribution < -0.4 is 0 Å². The van der Waals surface area contributed by atoms with Crippen molar-refractivity contribution in [3.63, 3.8) is 0 Å². The second-order valence-corrected chi connectivity index (χ2v) is 14.8. The van der Waals surface area contributed by atoms with Crippen molar-refractivity contribution in [3.05, 3.63) is 0 Å². The van der Waals surface area contributed by atoms with Gasteiger partial charge in [0.2, 0.25) is 0 Å². The third kappa shape index (κ3) is 7.46. The van der Waals surface area contributed by atoms with Gasteiger partial charge in [0.1, 0.15) is 0 Å². The van der Waals surface area contributed by atoms with E-state index in [-0.39, 0.29) is 16.4 Å². The summed E-state index contributed by atoms with van der Waals surface area (Å²) in [4.78, 5) is 0. The highest BCUT2D eigenvalue weighted by atomic mass is 31.2. The maximum atomic E-state index is 2.97. The van der Waals surface area contributed by atoms with Crippen LogP contribution in [0.2, 0.25) is 0 Å². The Hall–Kier alpha value is 0.740. The van der Waals surface area contributed by atoms with Gasteiger partial charge in [0.15, 0.2) is 0 Å². The molecule has 2 rings (SSSR count). The zero-order chi connectivity index (χ0) is 20.4. The molecule has 0 saturated heterocycles. The Morgan fingerprint density at radius 3 is 1.29 bits per heavy atom. The van der Waals surface area contributed by atoms with Crippen LogP contribution in [0.15, 0.2) is 0 Å². The molecule has 2 saturated carbocycles.